The van der Waals surface area contributed by atoms with Crippen LogP contribution in [0.1, 0.15) is 11.1 Å². The number of nitrogens with one attached hydrogen (secondary N) is 2. The van der Waals surface area contributed by atoms with Crippen molar-refractivity contribution in [3.63, 3.8) is 0 Å². The number of imidazole rings is 1. The van der Waals surface area contributed by atoms with Crippen LogP contribution >= 0.6 is 35.0 Å². The molecule has 2 aromatic heterocycles. The van der Waals surface area contributed by atoms with Gasteiger partial charge in [0.05, 0.1) is 26.8 Å². The molecule has 0 aliphatic heterocycles. The zero-order valence-electron chi connectivity index (χ0n) is 13.0. The van der Waals surface area contributed by atoms with Crippen LogP contribution < -0.4 is 5.32 Å². The van der Waals surface area contributed by atoms with Gasteiger partial charge < -0.3 is 10.3 Å². The second-order valence-electron chi connectivity index (χ2n) is 5.29. The number of aromatic nitrogens is 3. The summed E-state index contributed by atoms with van der Waals surface area (Å²) in [5, 5.41) is 4.19. The highest BCUT2D eigenvalue weighted by Crippen LogP contribution is 2.28. The summed E-state index contributed by atoms with van der Waals surface area (Å²) in [7, 11) is 0. The maximum absolute atomic E-state index is 12.1. The molecule has 0 radical (unpaired) electrons. The van der Waals surface area contributed by atoms with Gasteiger partial charge >= 0.3 is 0 Å². The van der Waals surface area contributed by atoms with E-state index >= 15 is 0 Å². The number of rotatable bonds is 4. The summed E-state index contributed by atoms with van der Waals surface area (Å²) < 4.78 is 0. The molecule has 0 atom stereocenters. The first-order valence-electron chi connectivity index (χ1n) is 7.13. The normalized spacial score (nSPS) is 11.0. The number of hydrogen-bond acceptors (Lipinski definition) is 4. The lowest BCUT2D eigenvalue weighted by Crippen LogP contribution is -2.15. The van der Waals surface area contributed by atoms with Gasteiger partial charge in [-0.05, 0) is 37.1 Å². The molecule has 0 saturated heterocycles. The fraction of sp³-hybridized carbons (Fsp3) is 0.188. The van der Waals surface area contributed by atoms with Gasteiger partial charge in [-0.15, -0.1) is 0 Å². The summed E-state index contributed by atoms with van der Waals surface area (Å²) in [6.07, 6.45) is 1.47. The zero-order valence-corrected chi connectivity index (χ0v) is 15.3. The molecule has 8 heteroatoms. The predicted octanol–water partition coefficient (Wildman–Crippen LogP) is 4.61. The van der Waals surface area contributed by atoms with Crippen LogP contribution in [0.5, 0.6) is 0 Å². The number of carbonyl (C=O) groups excluding carboxylic acids is 1. The van der Waals surface area contributed by atoms with Crippen molar-refractivity contribution in [3.8, 4) is 0 Å². The van der Waals surface area contributed by atoms with Gasteiger partial charge in [-0.2, -0.15) is 0 Å². The Balaban J connectivity index is 1.65. The Morgan fingerprint density at radius 3 is 2.92 bits per heavy atom. The molecule has 0 spiro atoms. The third-order valence-corrected chi connectivity index (χ3v) is 5.13. The maximum Gasteiger partial charge on any atom is 0.236 e. The van der Waals surface area contributed by atoms with Gasteiger partial charge in [0.1, 0.15) is 0 Å². The first-order chi connectivity index (χ1) is 11.4. The van der Waals surface area contributed by atoms with Crippen molar-refractivity contribution < 1.29 is 4.79 Å². The molecular formula is C16H14Cl2N4OS. The first-order valence-corrected chi connectivity index (χ1v) is 8.88. The average molecular weight is 381 g/mol. The highest BCUT2D eigenvalue weighted by Gasteiger charge is 2.12. The summed E-state index contributed by atoms with van der Waals surface area (Å²) >= 11 is 13.4. The van der Waals surface area contributed by atoms with E-state index in [1.807, 2.05) is 25.1 Å². The van der Waals surface area contributed by atoms with Gasteiger partial charge in [0.25, 0.3) is 0 Å². The topological polar surface area (TPSA) is 70.7 Å². The number of hydrogen-bond donors (Lipinski definition) is 2. The monoisotopic (exact) mass is 380 g/mol. The van der Waals surface area contributed by atoms with E-state index < -0.39 is 0 Å². The lowest BCUT2D eigenvalue weighted by Gasteiger charge is -2.08. The van der Waals surface area contributed by atoms with E-state index in [1.54, 1.807) is 6.92 Å². The van der Waals surface area contributed by atoms with Crippen LogP contribution in [0.4, 0.5) is 5.82 Å². The Morgan fingerprint density at radius 2 is 2.12 bits per heavy atom. The molecule has 0 saturated carbocycles. The van der Waals surface area contributed by atoms with Crippen molar-refractivity contribution in [2.75, 3.05) is 11.1 Å². The van der Waals surface area contributed by atoms with Crippen molar-refractivity contribution in [1.82, 2.24) is 15.0 Å². The number of benzene rings is 1. The number of aromatic amines is 1. The summed E-state index contributed by atoms with van der Waals surface area (Å²) in [5.41, 5.74) is 3.67. The number of amides is 1. The third-order valence-electron chi connectivity index (χ3n) is 3.42. The molecule has 3 rings (SSSR count). The maximum atomic E-state index is 12.1. The summed E-state index contributed by atoms with van der Waals surface area (Å²) in [4.78, 5) is 23.8. The quantitative estimate of drug-likeness (QED) is 0.648. The largest absolute Gasteiger partial charge is 0.333 e. The van der Waals surface area contributed by atoms with Crippen molar-refractivity contribution in [2.45, 2.75) is 19.0 Å². The zero-order chi connectivity index (χ0) is 17.3. The highest BCUT2D eigenvalue weighted by molar-refractivity contribution is 7.99. The van der Waals surface area contributed by atoms with Gasteiger partial charge in [-0.1, -0.05) is 41.0 Å². The summed E-state index contributed by atoms with van der Waals surface area (Å²) in [5.74, 6) is 0.288. The van der Waals surface area contributed by atoms with Crippen LogP contribution in [-0.4, -0.2) is 26.6 Å². The van der Waals surface area contributed by atoms with Crippen molar-refractivity contribution >= 4 is 57.7 Å². The molecule has 0 aliphatic rings. The van der Waals surface area contributed by atoms with E-state index in [1.165, 1.54) is 18.0 Å². The van der Waals surface area contributed by atoms with Crippen LogP contribution in [0, 0.1) is 13.8 Å². The minimum Gasteiger partial charge on any atom is -0.333 e. The number of halogens is 2. The van der Waals surface area contributed by atoms with E-state index in [0.717, 1.165) is 16.6 Å². The van der Waals surface area contributed by atoms with Crippen LogP contribution in [0.2, 0.25) is 10.0 Å². The van der Waals surface area contributed by atoms with Gasteiger partial charge in [0.2, 0.25) is 5.91 Å². The van der Waals surface area contributed by atoms with Gasteiger partial charge in [-0.3, -0.25) is 4.79 Å². The molecule has 2 N–H and O–H groups in total. The Labute approximate surface area is 153 Å². The van der Waals surface area contributed by atoms with Gasteiger partial charge in [0, 0.05) is 6.20 Å². The number of aryl methyl sites for hydroxylation is 1. The predicted molar refractivity (Wildman–Crippen MR) is 99.2 cm³/mol. The van der Waals surface area contributed by atoms with E-state index in [4.69, 9.17) is 23.2 Å². The third kappa shape index (κ3) is 3.66. The number of nitrogens with zero attached hydrogens (tertiary/aromatic N) is 2. The molecular weight excluding hydrogens is 367 g/mol. The van der Waals surface area contributed by atoms with E-state index in [0.29, 0.717) is 26.6 Å². The minimum absolute atomic E-state index is 0.193. The molecule has 24 heavy (non-hydrogen) atoms. The van der Waals surface area contributed by atoms with Crippen LogP contribution in [-0.2, 0) is 4.79 Å². The van der Waals surface area contributed by atoms with Crippen molar-refractivity contribution in [1.29, 1.82) is 0 Å². The summed E-state index contributed by atoms with van der Waals surface area (Å²) in [6, 6.07) is 5.97. The molecule has 1 aromatic carbocycles. The Bertz CT molecular complexity index is 926. The average Bonchev–Trinajstić information content (AvgIpc) is 2.95. The molecule has 3 aromatic rings. The van der Waals surface area contributed by atoms with E-state index in [-0.39, 0.29) is 11.7 Å². The van der Waals surface area contributed by atoms with Crippen LogP contribution in [0.15, 0.2) is 29.6 Å². The van der Waals surface area contributed by atoms with Crippen LogP contribution in [0.3, 0.4) is 0 Å². The number of thioether (sulfide) groups is 1. The molecule has 124 valence electrons. The Hall–Kier alpha value is -1.76. The number of pyridine rings is 1. The molecule has 5 nitrogen and oxygen atoms in total. The summed E-state index contributed by atoms with van der Waals surface area (Å²) in [6.45, 7) is 3.79. The minimum atomic E-state index is -0.215. The molecule has 0 unspecified atom stereocenters. The lowest BCUT2D eigenvalue weighted by atomic mass is 10.2. The standard InChI is InChI=1S/C16H14Cl2N4OS/c1-8-3-4-11-12(5-8)21-16(20-11)24-7-13(23)22-15-14(18)9(2)10(17)6-19-15/h3-6H,7H2,1-2H3,(H,20,21)(H,19,22,23). The second-order valence-corrected chi connectivity index (χ2v) is 7.04. The van der Waals surface area contributed by atoms with E-state index in [2.05, 4.69) is 20.3 Å². The second kappa shape index (κ2) is 7.01. The van der Waals surface area contributed by atoms with Crippen molar-refractivity contribution in [2.24, 2.45) is 0 Å². The molecule has 2 heterocycles. The number of fused-ring (bicyclic) bond motifs is 1. The van der Waals surface area contributed by atoms with Crippen LogP contribution in [0.25, 0.3) is 11.0 Å². The number of H-pyrrole nitrogens is 1. The highest BCUT2D eigenvalue weighted by atomic mass is 35.5. The van der Waals surface area contributed by atoms with E-state index in [9.17, 15) is 4.79 Å². The fourth-order valence-corrected chi connectivity index (χ4v) is 3.19. The fourth-order valence-electron chi connectivity index (χ4n) is 2.11. The first kappa shape index (κ1) is 17.1. The SMILES string of the molecule is Cc1ccc2nc(SCC(=O)Nc3ncc(Cl)c(C)c3Cl)[nH]c2c1. The Kier molecular flexibility index (Phi) is 4.99. The molecule has 0 bridgehead atoms. The number of carbonyl (C=O) groups is 1. The smallest absolute Gasteiger partial charge is 0.236 e. The molecule has 1 amide bonds. The number of anilines is 1. The van der Waals surface area contributed by atoms with Crippen molar-refractivity contribution in [3.05, 3.63) is 45.6 Å². The van der Waals surface area contributed by atoms with Gasteiger partial charge in [-0.25, -0.2) is 9.97 Å². The molecule has 0 fully saturated rings. The Morgan fingerprint density at radius 1 is 1.33 bits per heavy atom. The molecule has 0 aliphatic carbocycles. The lowest BCUT2D eigenvalue weighted by molar-refractivity contribution is -0.113. The van der Waals surface area contributed by atoms with Gasteiger partial charge in [0.15, 0.2) is 11.0 Å².